The predicted molar refractivity (Wildman–Crippen MR) is 66.8 cm³/mol. The van der Waals surface area contributed by atoms with Gasteiger partial charge in [-0.05, 0) is 29.9 Å². The molecule has 0 radical (unpaired) electrons. The maximum Gasteiger partial charge on any atom is 0.287 e. The Kier molecular flexibility index (Phi) is 3.27. The molecule has 0 saturated heterocycles. The second kappa shape index (κ2) is 4.55. The molecule has 3 heteroatoms. The van der Waals surface area contributed by atoms with Crippen molar-refractivity contribution < 1.29 is 9.21 Å². The Bertz CT molecular complexity index is 371. The van der Waals surface area contributed by atoms with Crippen LogP contribution < -0.4 is 5.32 Å². The molecule has 94 valence electrons. The van der Waals surface area contributed by atoms with Crippen molar-refractivity contribution in [2.75, 3.05) is 0 Å². The van der Waals surface area contributed by atoms with E-state index in [0.29, 0.717) is 5.76 Å². The van der Waals surface area contributed by atoms with E-state index in [1.54, 1.807) is 12.1 Å². The third-order valence-electron chi connectivity index (χ3n) is 3.36. The molecular formula is C14H21NO2. The lowest BCUT2D eigenvalue weighted by atomic mass is 9.83. The van der Waals surface area contributed by atoms with Crippen LogP contribution in [0, 0.1) is 11.3 Å². The maximum absolute atomic E-state index is 12.0. The van der Waals surface area contributed by atoms with E-state index in [-0.39, 0.29) is 17.4 Å². The van der Waals surface area contributed by atoms with Crippen LogP contribution in [-0.2, 0) is 0 Å². The number of amides is 1. The molecule has 1 atom stereocenters. The minimum absolute atomic E-state index is 0.0881. The van der Waals surface area contributed by atoms with Crippen molar-refractivity contribution in [3.63, 3.8) is 0 Å². The van der Waals surface area contributed by atoms with Crippen molar-refractivity contribution in [2.24, 2.45) is 11.3 Å². The van der Waals surface area contributed by atoms with Gasteiger partial charge in [0.15, 0.2) is 5.76 Å². The summed E-state index contributed by atoms with van der Waals surface area (Å²) < 4.78 is 5.12. The highest BCUT2D eigenvalue weighted by molar-refractivity contribution is 5.91. The summed E-state index contributed by atoms with van der Waals surface area (Å²) >= 11 is 0. The number of furan rings is 1. The molecule has 1 fully saturated rings. The van der Waals surface area contributed by atoms with Gasteiger partial charge in [-0.25, -0.2) is 0 Å². The monoisotopic (exact) mass is 235 g/mol. The molecule has 1 N–H and O–H groups in total. The molecule has 0 bridgehead atoms. The van der Waals surface area contributed by atoms with Crippen LogP contribution in [0.3, 0.4) is 0 Å². The van der Waals surface area contributed by atoms with Crippen LogP contribution in [0.2, 0.25) is 0 Å². The Hall–Kier alpha value is -1.25. The summed E-state index contributed by atoms with van der Waals surface area (Å²) in [6.07, 6.45) is 5.23. The second-order valence-corrected chi connectivity index (χ2v) is 6.05. The predicted octanol–water partition coefficient (Wildman–Crippen LogP) is 3.22. The molecule has 1 aliphatic rings. The van der Waals surface area contributed by atoms with Crippen LogP contribution in [0.25, 0.3) is 0 Å². The number of rotatable bonds is 4. The van der Waals surface area contributed by atoms with Crippen LogP contribution in [-0.4, -0.2) is 11.9 Å². The van der Waals surface area contributed by atoms with E-state index in [1.807, 2.05) is 0 Å². The molecule has 3 nitrogen and oxygen atoms in total. The zero-order chi connectivity index (χ0) is 12.5. The van der Waals surface area contributed by atoms with Gasteiger partial charge in [-0.3, -0.25) is 4.79 Å². The highest BCUT2D eigenvalue weighted by Crippen LogP contribution is 2.37. The van der Waals surface area contributed by atoms with Crippen molar-refractivity contribution in [1.82, 2.24) is 5.32 Å². The summed E-state index contributed by atoms with van der Waals surface area (Å²) in [7, 11) is 0. The molecule has 2 rings (SSSR count). The topological polar surface area (TPSA) is 42.2 Å². The normalized spacial score (nSPS) is 17.8. The van der Waals surface area contributed by atoms with Crippen molar-refractivity contribution >= 4 is 5.91 Å². The molecule has 0 aliphatic heterocycles. The van der Waals surface area contributed by atoms with Crippen LogP contribution in [0.5, 0.6) is 0 Å². The molecule has 1 aromatic heterocycles. The molecule has 17 heavy (non-hydrogen) atoms. The number of nitrogens with one attached hydrogen (secondary N) is 1. The first kappa shape index (κ1) is 12.2. The lowest BCUT2D eigenvalue weighted by Gasteiger charge is -2.31. The van der Waals surface area contributed by atoms with Crippen LogP contribution in [0.4, 0.5) is 0 Å². The first-order valence-corrected chi connectivity index (χ1v) is 6.31. The van der Waals surface area contributed by atoms with Gasteiger partial charge in [0, 0.05) is 6.04 Å². The lowest BCUT2D eigenvalue weighted by Crippen LogP contribution is -2.43. The van der Waals surface area contributed by atoms with Gasteiger partial charge in [0.05, 0.1) is 6.26 Å². The summed E-state index contributed by atoms with van der Waals surface area (Å²) in [4.78, 5) is 12.0. The third-order valence-corrected chi connectivity index (χ3v) is 3.36. The standard InChI is InChI=1S/C14H21NO2/c1-14(2,3)12(9-10-6-7-10)15-13(16)11-5-4-8-17-11/h4-5,8,10,12H,6-7,9H2,1-3H3,(H,15,16). The van der Waals surface area contributed by atoms with Gasteiger partial charge in [-0.1, -0.05) is 33.6 Å². The summed E-state index contributed by atoms with van der Waals surface area (Å²) in [6, 6.07) is 3.65. The molecule has 1 heterocycles. The van der Waals surface area contributed by atoms with Crippen molar-refractivity contribution in [2.45, 2.75) is 46.1 Å². The summed E-state index contributed by atoms with van der Waals surface area (Å²) in [5.74, 6) is 1.10. The molecule has 0 aromatic carbocycles. The molecule has 1 amide bonds. The molecule has 1 aromatic rings. The van der Waals surface area contributed by atoms with Gasteiger partial charge in [0.2, 0.25) is 0 Å². The summed E-state index contributed by atoms with van der Waals surface area (Å²) in [6.45, 7) is 6.51. The first-order valence-electron chi connectivity index (χ1n) is 6.31. The van der Waals surface area contributed by atoms with E-state index >= 15 is 0 Å². The summed E-state index contributed by atoms with van der Waals surface area (Å²) in [5, 5.41) is 3.10. The Labute approximate surface area is 103 Å². The van der Waals surface area contributed by atoms with Crippen LogP contribution in [0.15, 0.2) is 22.8 Å². The lowest BCUT2D eigenvalue weighted by molar-refractivity contribution is 0.0866. The van der Waals surface area contributed by atoms with Crippen LogP contribution >= 0.6 is 0 Å². The highest BCUT2D eigenvalue weighted by atomic mass is 16.3. The minimum Gasteiger partial charge on any atom is -0.459 e. The van der Waals surface area contributed by atoms with Crippen molar-refractivity contribution in [1.29, 1.82) is 0 Å². The number of hydrogen-bond donors (Lipinski definition) is 1. The molecule has 0 spiro atoms. The molecular weight excluding hydrogens is 214 g/mol. The second-order valence-electron chi connectivity index (χ2n) is 6.05. The molecule has 1 aliphatic carbocycles. The third kappa shape index (κ3) is 3.35. The van der Waals surface area contributed by atoms with E-state index in [2.05, 4.69) is 26.1 Å². The van der Waals surface area contributed by atoms with E-state index in [1.165, 1.54) is 19.1 Å². The Morgan fingerprint density at radius 1 is 1.53 bits per heavy atom. The maximum atomic E-state index is 12.0. The minimum atomic E-state index is -0.101. The zero-order valence-electron chi connectivity index (χ0n) is 10.8. The van der Waals surface area contributed by atoms with E-state index in [0.717, 1.165) is 12.3 Å². The Morgan fingerprint density at radius 3 is 2.71 bits per heavy atom. The van der Waals surface area contributed by atoms with Crippen molar-refractivity contribution in [3.8, 4) is 0 Å². The SMILES string of the molecule is CC(C)(C)C(CC1CC1)NC(=O)c1ccco1. The van der Waals surface area contributed by atoms with Gasteiger partial charge in [-0.15, -0.1) is 0 Å². The Morgan fingerprint density at radius 2 is 2.24 bits per heavy atom. The average molecular weight is 235 g/mol. The number of carbonyl (C=O) groups excluding carboxylic acids is 1. The van der Waals surface area contributed by atoms with Gasteiger partial charge < -0.3 is 9.73 Å². The number of hydrogen-bond acceptors (Lipinski definition) is 2. The van der Waals surface area contributed by atoms with Crippen LogP contribution in [0.1, 0.15) is 50.6 Å². The highest BCUT2D eigenvalue weighted by Gasteiger charge is 2.33. The fourth-order valence-electron chi connectivity index (χ4n) is 1.95. The van der Waals surface area contributed by atoms with Crippen molar-refractivity contribution in [3.05, 3.63) is 24.2 Å². The largest absolute Gasteiger partial charge is 0.459 e. The van der Waals surface area contributed by atoms with Gasteiger partial charge in [-0.2, -0.15) is 0 Å². The Balaban J connectivity index is 1.99. The molecule has 1 saturated carbocycles. The fraction of sp³-hybridized carbons (Fsp3) is 0.643. The van der Waals surface area contributed by atoms with Gasteiger partial charge >= 0.3 is 0 Å². The fourth-order valence-corrected chi connectivity index (χ4v) is 1.95. The van der Waals surface area contributed by atoms with Gasteiger partial charge in [0.1, 0.15) is 0 Å². The van der Waals surface area contributed by atoms with E-state index in [9.17, 15) is 4.79 Å². The molecule has 1 unspecified atom stereocenters. The van der Waals surface area contributed by atoms with Gasteiger partial charge in [0.25, 0.3) is 5.91 Å². The average Bonchev–Trinajstić information content (AvgIpc) is 2.88. The first-order chi connectivity index (χ1) is 7.97. The number of carbonyl (C=O) groups is 1. The zero-order valence-corrected chi connectivity index (χ0v) is 10.8. The quantitative estimate of drug-likeness (QED) is 0.870. The van der Waals surface area contributed by atoms with E-state index in [4.69, 9.17) is 4.42 Å². The smallest absolute Gasteiger partial charge is 0.287 e. The summed E-state index contributed by atoms with van der Waals surface area (Å²) in [5.41, 5.74) is 0.0881. The van der Waals surface area contributed by atoms with E-state index < -0.39 is 0 Å².